The van der Waals surface area contributed by atoms with Crippen LogP contribution in [0, 0.1) is 0 Å². The van der Waals surface area contributed by atoms with Crippen molar-refractivity contribution >= 4 is 33.4 Å². The van der Waals surface area contributed by atoms with Crippen LogP contribution in [0.15, 0.2) is 22.7 Å². The number of carbonyl (C=O) groups excluding carboxylic acids is 2. The predicted octanol–water partition coefficient (Wildman–Crippen LogP) is 2.56. The number of rotatable bonds is 6. The van der Waals surface area contributed by atoms with Crippen LogP contribution < -0.4 is 10.6 Å². The molecule has 5 nitrogen and oxygen atoms in total. The first kappa shape index (κ1) is 16.7. The second-order valence-electron chi connectivity index (χ2n) is 4.40. The Morgan fingerprint density at radius 3 is 2.70 bits per heavy atom. The lowest BCUT2D eigenvalue weighted by molar-refractivity contribution is -0.116. The maximum atomic E-state index is 11.9. The van der Waals surface area contributed by atoms with E-state index in [0.717, 1.165) is 4.47 Å². The smallest absolute Gasteiger partial charge is 0.253 e. The highest BCUT2D eigenvalue weighted by Gasteiger charge is 2.13. The molecule has 6 heteroatoms. The lowest BCUT2D eigenvalue weighted by Gasteiger charge is -2.12. The first-order chi connectivity index (χ1) is 9.47. The lowest BCUT2D eigenvalue weighted by Crippen LogP contribution is -2.22. The van der Waals surface area contributed by atoms with Gasteiger partial charge in [-0.3, -0.25) is 9.59 Å². The van der Waals surface area contributed by atoms with E-state index in [2.05, 4.69) is 26.6 Å². The normalized spacial score (nSPS) is 11.8. The average molecular weight is 343 g/mol. The van der Waals surface area contributed by atoms with Crippen LogP contribution in [0.25, 0.3) is 0 Å². The van der Waals surface area contributed by atoms with Gasteiger partial charge in [-0.1, -0.05) is 15.9 Å². The van der Waals surface area contributed by atoms with Gasteiger partial charge in [-0.15, -0.1) is 0 Å². The largest absolute Gasteiger partial charge is 0.382 e. The minimum atomic E-state index is -0.244. The van der Waals surface area contributed by atoms with E-state index >= 15 is 0 Å². The van der Waals surface area contributed by atoms with Crippen molar-refractivity contribution in [3.63, 3.8) is 0 Å². The number of ether oxygens (including phenoxy) is 1. The molecule has 110 valence electrons. The fraction of sp³-hybridized carbons (Fsp3) is 0.429. The third-order valence-corrected chi connectivity index (χ3v) is 3.40. The van der Waals surface area contributed by atoms with E-state index in [1.165, 1.54) is 0 Å². The Balaban J connectivity index is 2.76. The molecule has 1 atom stereocenters. The van der Waals surface area contributed by atoms with Gasteiger partial charge in [0.05, 0.1) is 17.4 Å². The molecule has 20 heavy (non-hydrogen) atoms. The fourth-order valence-corrected chi connectivity index (χ4v) is 1.97. The molecule has 1 rings (SSSR count). The van der Waals surface area contributed by atoms with Gasteiger partial charge in [0, 0.05) is 25.1 Å². The Morgan fingerprint density at radius 2 is 2.10 bits per heavy atom. The SMILES string of the molecule is CNC(=O)c1cc(Br)ccc1NC(=O)CC[C@H](C)OC. The summed E-state index contributed by atoms with van der Waals surface area (Å²) in [4.78, 5) is 23.6. The molecule has 0 aliphatic carbocycles. The molecule has 0 bridgehead atoms. The van der Waals surface area contributed by atoms with Crippen molar-refractivity contribution in [3.05, 3.63) is 28.2 Å². The summed E-state index contributed by atoms with van der Waals surface area (Å²) in [5, 5.41) is 5.31. The van der Waals surface area contributed by atoms with Crippen molar-refractivity contribution in [1.82, 2.24) is 5.32 Å². The minimum Gasteiger partial charge on any atom is -0.382 e. The van der Waals surface area contributed by atoms with Crippen LogP contribution in [0.5, 0.6) is 0 Å². The van der Waals surface area contributed by atoms with Crippen molar-refractivity contribution in [2.24, 2.45) is 0 Å². The highest BCUT2D eigenvalue weighted by atomic mass is 79.9. The summed E-state index contributed by atoms with van der Waals surface area (Å²) in [7, 11) is 3.16. The number of hydrogen-bond acceptors (Lipinski definition) is 3. The van der Waals surface area contributed by atoms with E-state index in [9.17, 15) is 9.59 Å². The quantitative estimate of drug-likeness (QED) is 0.834. The predicted molar refractivity (Wildman–Crippen MR) is 81.9 cm³/mol. The van der Waals surface area contributed by atoms with Crippen molar-refractivity contribution in [3.8, 4) is 0 Å². The molecule has 0 aromatic heterocycles. The topological polar surface area (TPSA) is 67.4 Å². The van der Waals surface area contributed by atoms with Gasteiger partial charge in [-0.25, -0.2) is 0 Å². The number of methoxy groups -OCH3 is 1. The molecule has 0 heterocycles. The highest BCUT2D eigenvalue weighted by Crippen LogP contribution is 2.21. The summed E-state index contributed by atoms with van der Waals surface area (Å²) in [6.45, 7) is 1.91. The number of anilines is 1. The Bertz CT molecular complexity index is 491. The van der Waals surface area contributed by atoms with Gasteiger partial charge in [-0.05, 0) is 31.5 Å². The number of halogens is 1. The lowest BCUT2D eigenvalue weighted by atomic mass is 10.1. The van der Waals surface area contributed by atoms with E-state index in [0.29, 0.717) is 24.1 Å². The second-order valence-corrected chi connectivity index (χ2v) is 5.32. The van der Waals surface area contributed by atoms with Crippen LogP contribution >= 0.6 is 15.9 Å². The Labute approximate surface area is 127 Å². The molecule has 0 saturated carbocycles. The average Bonchev–Trinajstić information content (AvgIpc) is 2.45. The molecule has 1 aromatic rings. The summed E-state index contributed by atoms with van der Waals surface area (Å²) in [6.07, 6.45) is 1.01. The van der Waals surface area contributed by atoms with Crippen LogP contribution in [0.1, 0.15) is 30.1 Å². The van der Waals surface area contributed by atoms with Crippen LogP contribution in [-0.4, -0.2) is 32.1 Å². The van der Waals surface area contributed by atoms with E-state index < -0.39 is 0 Å². The number of hydrogen-bond donors (Lipinski definition) is 2. The maximum Gasteiger partial charge on any atom is 0.253 e. The highest BCUT2D eigenvalue weighted by molar-refractivity contribution is 9.10. The molecule has 0 aliphatic heterocycles. The molecule has 0 spiro atoms. The zero-order valence-corrected chi connectivity index (χ0v) is 13.4. The summed E-state index contributed by atoms with van der Waals surface area (Å²) in [5.74, 6) is -0.381. The third-order valence-electron chi connectivity index (χ3n) is 2.91. The molecular formula is C14H19BrN2O3. The van der Waals surface area contributed by atoms with Crippen molar-refractivity contribution in [2.45, 2.75) is 25.9 Å². The van der Waals surface area contributed by atoms with E-state index in [1.54, 1.807) is 32.4 Å². The molecule has 0 saturated heterocycles. The van der Waals surface area contributed by atoms with Gasteiger partial charge in [0.2, 0.25) is 5.91 Å². The Kier molecular flexibility index (Phi) is 6.67. The van der Waals surface area contributed by atoms with Gasteiger partial charge >= 0.3 is 0 Å². The summed E-state index contributed by atoms with van der Waals surface area (Å²) < 4.78 is 5.88. The summed E-state index contributed by atoms with van der Waals surface area (Å²) in [5.41, 5.74) is 0.928. The van der Waals surface area contributed by atoms with E-state index in [1.807, 2.05) is 6.92 Å². The number of carbonyl (C=O) groups is 2. The van der Waals surface area contributed by atoms with Crippen molar-refractivity contribution < 1.29 is 14.3 Å². The van der Waals surface area contributed by atoms with Gasteiger partial charge in [0.1, 0.15) is 0 Å². The van der Waals surface area contributed by atoms with Gasteiger partial charge in [0.25, 0.3) is 5.91 Å². The first-order valence-electron chi connectivity index (χ1n) is 6.32. The number of amides is 2. The van der Waals surface area contributed by atoms with Crippen molar-refractivity contribution in [2.75, 3.05) is 19.5 Å². The monoisotopic (exact) mass is 342 g/mol. The molecular weight excluding hydrogens is 324 g/mol. The maximum absolute atomic E-state index is 11.9. The summed E-state index contributed by atoms with van der Waals surface area (Å²) >= 11 is 3.31. The Morgan fingerprint density at radius 1 is 1.40 bits per heavy atom. The molecule has 2 amide bonds. The van der Waals surface area contributed by atoms with Gasteiger partial charge in [0.15, 0.2) is 0 Å². The standard InChI is InChI=1S/C14H19BrN2O3/c1-9(20-3)4-7-13(18)17-12-6-5-10(15)8-11(12)14(19)16-2/h5-6,8-9H,4,7H2,1-3H3,(H,16,19)(H,17,18)/t9-/m0/s1. The minimum absolute atomic E-state index is 0.0316. The van der Waals surface area contributed by atoms with Crippen LogP contribution in [0.4, 0.5) is 5.69 Å². The molecule has 1 aromatic carbocycles. The van der Waals surface area contributed by atoms with E-state index in [-0.39, 0.29) is 17.9 Å². The molecule has 0 unspecified atom stereocenters. The third kappa shape index (κ3) is 4.94. The first-order valence-corrected chi connectivity index (χ1v) is 7.11. The zero-order chi connectivity index (χ0) is 15.1. The number of benzene rings is 1. The van der Waals surface area contributed by atoms with Crippen molar-refractivity contribution in [1.29, 1.82) is 0 Å². The van der Waals surface area contributed by atoms with Crippen LogP contribution in [0.2, 0.25) is 0 Å². The Hall–Kier alpha value is -1.40. The molecule has 0 radical (unpaired) electrons. The van der Waals surface area contributed by atoms with E-state index in [4.69, 9.17) is 4.74 Å². The molecule has 0 aliphatic rings. The van der Waals surface area contributed by atoms with Crippen LogP contribution in [0.3, 0.4) is 0 Å². The second kappa shape index (κ2) is 8.01. The van der Waals surface area contributed by atoms with Crippen LogP contribution in [-0.2, 0) is 9.53 Å². The zero-order valence-electron chi connectivity index (χ0n) is 11.8. The van der Waals surface area contributed by atoms with Gasteiger partial charge in [-0.2, -0.15) is 0 Å². The fourth-order valence-electron chi connectivity index (χ4n) is 1.61. The molecule has 2 N–H and O–H groups in total. The van der Waals surface area contributed by atoms with Gasteiger partial charge < -0.3 is 15.4 Å². The molecule has 0 fully saturated rings. The number of nitrogens with one attached hydrogen (secondary N) is 2. The summed E-state index contributed by atoms with van der Waals surface area (Å²) in [6, 6.07) is 5.15.